The maximum atomic E-state index is 13.4. The number of pyridine rings is 1. The number of nitrogens with one attached hydrogen (secondary N) is 1. The first-order valence-electron chi connectivity index (χ1n) is 13.9. The maximum Gasteiger partial charge on any atom is 0.416 e. The lowest BCUT2D eigenvalue weighted by Gasteiger charge is -2.32. The third-order valence-corrected chi connectivity index (χ3v) is 7.48. The molecule has 1 fully saturated rings. The number of carbonyl (C=O) groups is 2. The number of rotatable bonds is 6. The van der Waals surface area contributed by atoms with Crippen LogP contribution in [-0.2, 0) is 11.0 Å². The van der Waals surface area contributed by atoms with Crippen molar-refractivity contribution in [2.75, 3.05) is 24.1 Å². The van der Waals surface area contributed by atoms with Crippen molar-refractivity contribution in [2.45, 2.75) is 58.0 Å². The summed E-state index contributed by atoms with van der Waals surface area (Å²) in [5.41, 5.74) is 7.77. The number of hydrogen-bond donors (Lipinski definition) is 2. The van der Waals surface area contributed by atoms with Crippen molar-refractivity contribution < 1.29 is 22.8 Å². The number of imidazole rings is 1. The van der Waals surface area contributed by atoms with Crippen LogP contribution in [0.5, 0.6) is 0 Å². The summed E-state index contributed by atoms with van der Waals surface area (Å²) >= 11 is 0. The molecule has 3 N–H and O–H groups in total. The topological polar surface area (TPSA) is 119 Å². The molecule has 0 spiro atoms. The zero-order valence-electron chi connectivity index (χ0n) is 23.6. The summed E-state index contributed by atoms with van der Waals surface area (Å²) in [6.07, 6.45) is 1.01. The number of nitrogens with two attached hydrogens (primary N) is 1. The second-order valence-electron chi connectivity index (χ2n) is 10.7. The largest absolute Gasteiger partial charge is 0.416 e. The van der Waals surface area contributed by atoms with E-state index >= 15 is 0 Å². The minimum Gasteiger partial charge on any atom is -0.382 e. The summed E-state index contributed by atoms with van der Waals surface area (Å²) in [4.78, 5) is 40.6. The normalized spacial score (nSPS) is 15.8. The van der Waals surface area contributed by atoms with Gasteiger partial charge in [-0.15, -0.1) is 0 Å². The van der Waals surface area contributed by atoms with E-state index in [9.17, 15) is 22.8 Å². The number of likely N-dealkylation sites (tertiary alicyclic amines) is 1. The Bertz CT molecular complexity index is 1630. The number of amides is 2. The molecule has 1 aromatic carbocycles. The fourth-order valence-electron chi connectivity index (χ4n) is 5.26. The van der Waals surface area contributed by atoms with E-state index in [0.29, 0.717) is 35.6 Å². The fraction of sp³-hybridized carbons (Fsp3) is 0.367. The van der Waals surface area contributed by atoms with Gasteiger partial charge in [-0.2, -0.15) is 13.2 Å². The third kappa shape index (κ3) is 5.79. The van der Waals surface area contributed by atoms with Gasteiger partial charge in [-0.05, 0) is 43.0 Å². The Morgan fingerprint density at radius 3 is 2.55 bits per heavy atom. The molecule has 5 rings (SSSR count). The maximum absolute atomic E-state index is 13.4. The van der Waals surface area contributed by atoms with Crippen molar-refractivity contribution in [1.29, 1.82) is 0 Å². The second-order valence-corrected chi connectivity index (χ2v) is 10.7. The molecular formula is C30H32F3N7O2. The minimum absolute atomic E-state index is 0.0121. The zero-order valence-corrected chi connectivity index (χ0v) is 23.6. The molecule has 1 saturated heterocycles. The van der Waals surface area contributed by atoms with Gasteiger partial charge in [0.15, 0.2) is 0 Å². The van der Waals surface area contributed by atoms with E-state index in [1.807, 2.05) is 16.2 Å². The molecule has 4 aromatic rings. The van der Waals surface area contributed by atoms with Gasteiger partial charge in [0.1, 0.15) is 28.7 Å². The first-order chi connectivity index (χ1) is 20.0. The van der Waals surface area contributed by atoms with Crippen molar-refractivity contribution in [3.8, 4) is 11.3 Å². The molecule has 12 heteroatoms. The number of anilines is 2. The van der Waals surface area contributed by atoms with Gasteiger partial charge in [0, 0.05) is 54.6 Å². The first-order valence-corrected chi connectivity index (χ1v) is 13.9. The minimum atomic E-state index is -4.57. The van der Waals surface area contributed by atoms with Crippen molar-refractivity contribution in [3.05, 3.63) is 71.4 Å². The van der Waals surface area contributed by atoms with Gasteiger partial charge >= 0.3 is 6.18 Å². The van der Waals surface area contributed by atoms with E-state index < -0.39 is 17.6 Å². The zero-order chi connectivity index (χ0) is 30.2. The van der Waals surface area contributed by atoms with E-state index in [-0.39, 0.29) is 34.8 Å². The number of fused-ring (bicyclic) bond motifs is 1. The quantitative estimate of drug-likeness (QED) is 0.294. The summed E-state index contributed by atoms with van der Waals surface area (Å²) in [6, 6.07) is 8.38. The highest BCUT2D eigenvalue weighted by molar-refractivity contribution is 6.04. The molecule has 1 aliphatic heterocycles. The molecule has 1 unspecified atom stereocenters. The van der Waals surface area contributed by atoms with E-state index in [2.05, 4.69) is 15.3 Å². The number of nitrogens with zero attached hydrogens (tertiary/aromatic N) is 5. The highest BCUT2D eigenvalue weighted by Crippen LogP contribution is 2.35. The Morgan fingerprint density at radius 1 is 1.14 bits per heavy atom. The van der Waals surface area contributed by atoms with Crippen molar-refractivity contribution in [2.24, 2.45) is 0 Å². The predicted octanol–water partition coefficient (Wildman–Crippen LogP) is 5.88. The highest BCUT2D eigenvalue weighted by atomic mass is 19.4. The van der Waals surface area contributed by atoms with Crippen molar-refractivity contribution in [1.82, 2.24) is 24.3 Å². The highest BCUT2D eigenvalue weighted by Gasteiger charge is 2.32. The van der Waals surface area contributed by atoms with Crippen LogP contribution in [-0.4, -0.2) is 49.2 Å². The number of halogens is 3. The van der Waals surface area contributed by atoms with Crippen LogP contribution in [0, 0.1) is 0 Å². The van der Waals surface area contributed by atoms with Gasteiger partial charge in [-0.1, -0.05) is 32.9 Å². The summed E-state index contributed by atoms with van der Waals surface area (Å²) in [5.74, 6) is 0.164. The van der Waals surface area contributed by atoms with Gasteiger partial charge < -0.3 is 16.0 Å². The van der Waals surface area contributed by atoms with Crippen LogP contribution in [0.1, 0.15) is 79.3 Å². The van der Waals surface area contributed by atoms with Gasteiger partial charge in [0.05, 0.1) is 5.56 Å². The molecule has 0 radical (unpaired) electrons. The summed E-state index contributed by atoms with van der Waals surface area (Å²) in [5, 5.41) is 2.50. The summed E-state index contributed by atoms with van der Waals surface area (Å²) in [7, 11) is 0. The Hall–Kier alpha value is -4.48. The summed E-state index contributed by atoms with van der Waals surface area (Å²) < 4.78 is 42.2. The average molecular weight is 580 g/mol. The smallest absolute Gasteiger partial charge is 0.382 e. The van der Waals surface area contributed by atoms with E-state index in [0.717, 1.165) is 37.3 Å². The van der Waals surface area contributed by atoms with Gasteiger partial charge in [0.25, 0.3) is 5.91 Å². The molecule has 2 amide bonds. The lowest BCUT2D eigenvalue weighted by atomic mass is 9.97. The number of hydrogen-bond acceptors (Lipinski definition) is 6. The number of piperidine rings is 1. The van der Waals surface area contributed by atoms with Gasteiger partial charge in [0.2, 0.25) is 5.91 Å². The Labute approximate surface area is 241 Å². The molecule has 3 aromatic heterocycles. The molecule has 1 aliphatic rings. The standard InChI is InChI=1S/C30H32F3N7O2/c1-4-24(41)39-12-5-6-20(16-39)28-38-25(26-27(34)35-11-13-40(26)28)18-7-9-19(10-8-18)29(42)37-23-15-21(30(31,32)33)14-22(36-23)17(2)3/h7-11,13-15,17,20H,4-6,12,16H2,1-3H3,(H2,34,35)(H,36,37,42). The van der Waals surface area contributed by atoms with Crippen LogP contribution in [0.2, 0.25) is 0 Å². The SMILES string of the molecule is CCC(=O)N1CCCC(c2nc(-c3ccc(C(=O)Nc4cc(C(F)(F)F)cc(C(C)C)n4)cc3)c3c(N)nccn23)C1. The van der Waals surface area contributed by atoms with Gasteiger partial charge in [-0.25, -0.2) is 15.0 Å². The number of nitrogen functional groups attached to an aromatic ring is 1. The van der Waals surface area contributed by atoms with Crippen LogP contribution in [0.4, 0.5) is 24.8 Å². The van der Waals surface area contributed by atoms with E-state index in [4.69, 9.17) is 10.7 Å². The van der Waals surface area contributed by atoms with Crippen LogP contribution in [0.15, 0.2) is 48.8 Å². The molecule has 220 valence electrons. The van der Waals surface area contributed by atoms with Gasteiger partial charge in [-0.3, -0.25) is 14.0 Å². The monoisotopic (exact) mass is 579 g/mol. The Morgan fingerprint density at radius 2 is 1.88 bits per heavy atom. The van der Waals surface area contributed by atoms with Crippen LogP contribution >= 0.6 is 0 Å². The third-order valence-electron chi connectivity index (χ3n) is 7.48. The molecule has 0 bridgehead atoms. The lowest BCUT2D eigenvalue weighted by Crippen LogP contribution is -2.39. The van der Waals surface area contributed by atoms with Crippen LogP contribution in [0.25, 0.3) is 16.8 Å². The molecule has 0 aliphatic carbocycles. The summed E-state index contributed by atoms with van der Waals surface area (Å²) in [6.45, 7) is 6.60. The molecule has 1 atom stereocenters. The van der Waals surface area contributed by atoms with E-state index in [1.165, 1.54) is 0 Å². The molecule has 4 heterocycles. The van der Waals surface area contributed by atoms with Crippen LogP contribution < -0.4 is 11.1 Å². The first kappa shape index (κ1) is 29.0. The van der Waals surface area contributed by atoms with Crippen molar-refractivity contribution in [3.63, 3.8) is 0 Å². The second kappa shape index (κ2) is 11.4. The number of benzene rings is 1. The Kier molecular flexibility index (Phi) is 7.89. The number of alkyl halides is 3. The molecule has 0 saturated carbocycles. The average Bonchev–Trinajstić information content (AvgIpc) is 3.37. The van der Waals surface area contributed by atoms with Crippen LogP contribution in [0.3, 0.4) is 0 Å². The number of aromatic nitrogens is 4. The Balaban J connectivity index is 1.44. The lowest BCUT2D eigenvalue weighted by molar-refractivity contribution is -0.137. The molecular weight excluding hydrogens is 547 g/mol. The molecule has 42 heavy (non-hydrogen) atoms. The fourth-order valence-corrected chi connectivity index (χ4v) is 5.26. The molecule has 9 nitrogen and oxygen atoms in total. The number of carbonyl (C=O) groups excluding carboxylic acids is 2. The predicted molar refractivity (Wildman–Crippen MR) is 153 cm³/mol. The van der Waals surface area contributed by atoms with Crippen molar-refractivity contribution >= 4 is 29.0 Å². The van der Waals surface area contributed by atoms with E-state index in [1.54, 1.807) is 50.5 Å².